The highest BCUT2D eigenvalue weighted by Crippen LogP contribution is 2.23. The smallest absolute Gasteiger partial charge is 0.160 e. The Hall–Kier alpha value is -1.61. The average Bonchev–Trinajstić information content (AvgIpc) is 2.72. The predicted octanol–water partition coefficient (Wildman–Crippen LogP) is 4.06. The Morgan fingerprint density at radius 3 is 2.56 bits per heavy atom. The van der Waals surface area contributed by atoms with Gasteiger partial charge in [0.05, 0.1) is 4.88 Å². The third-order valence-electron chi connectivity index (χ3n) is 3.03. The lowest BCUT2D eigenvalue weighted by molar-refractivity contribution is 0.112. The molecule has 0 unspecified atom stereocenters. The van der Waals surface area contributed by atoms with Gasteiger partial charge < -0.3 is 4.74 Å². The topological polar surface area (TPSA) is 26.3 Å². The molecule has 0 aliphatic heterocycles. The SMILES string of the molecule is Cc1ccc(OCc2cc(C=O)sc2C)cc1C. The number of hydrogen-bond acceptors (Lipinski definition) is 3. The fourth-order valence-corrected chi connectivity index (χ4v) is 2.56. The van der Waals surface area contributed by atoms with Gasteiger partial charge in [-0.1, -0.05) is 6.07 Å². The van der Waals surface area contributed by atoms with E-state index in [4.69, 9.17) is 4.74 Å². The Morgan fingerprint density at radius 1 is 1.17 bits per heavy atom. The minimum absolute atomic E-state index is 0.513. The molecule has 18 heavy (non-hydrogen) atoms. The Bertz CT molecular complexity index is 570. The quantitative estimate of drug-likeness (QED) is 0.775. The molecule has 2 aromatic rings. The van der Waals surface area contributed by atoms with E-state index in [1.165, 1.54) is 22.5 Å². The van der Waals surface area contributed by atoms with Crippen LogP contribution in [0.4, 0.5) is 0 Å². The molecular weight excluding hydrogens is 244 g/mol. The molecular formula is C15H16O2S. The van der Waals surface area contributed by atoms with Crippen molar-refractivity contribution in [2.24, 2.45) is 0 Å². The average molecular weight is 260 g/mol. The van der Waals surface area contributed by atoms with E-state index in [0.29, 0.717) is 6.61 Å². The molecule has 0 aliphatic carbocycles. The molecule has 3 heteroatoms. The molecule has 0 saturated heterocycles. The number of benzene rings is 1. The second kappa shape index (κ2) is 5.36. The van der Waals surface area contributed by atoms with Crippen LogP contribution in [0.5, 0.6) is 5.75 Å². The fraction of sp³-hybridized carbons (Fsp3) is 0.267. The van der Waals surface area contributed by atoms with Crippen molar-refractivity contribution in [3.8, 4) is 5.75 Å². The largest absolute Gasteiger partial charge is 0.489 e. The normalized spacial score (nSPS) is 10.4. The summed E-state index contributed by atoms with van der Waals surface area (Å²) in [5.41, 5.74) is 3.57. The second-order valence-electron chi connectivity index (χ2n) is 4.38. The molecule has 2 rings (SSSR count). The van der Waals surface area contributed by atoms with Crippen LogP contribution in [0.2, 0.25) is 0 Å². The van der Waals surface area contributed by atoms with Gasteiger partial charge in [0.2, 0.25) is 0 Å². The first kappa shape index (κ1) is 12.8. The summed E-state index contributed by atoms with van der Waals surface area (Å²) < 4.78 is 5.76. The van der Waals surface area contributed by atoms with Crippen molar-refractivity contribution < 1.29 is 9.53 Å². The molecule has 0 aliphatic rings. The summed E-state index contributed by atoms with van der Waals surface area (Å²) in [6.45, 7) is 6.68. The minimum atomic E-state index is 0.513. The molecule has 0 spiro atoms. The van der Waals surface area contributed by atoms with Gasteiger partial charge >= 0.3 is 0 Å². The van der Waals surface area contributed by atoms with Gasteiger partial charge in [-0.2, -0.15) is 0 Å². The van der Waals surface area contributed by atoms with Crippen LogP contribution >= 0.6 is 11.3 Å². The van der Waals surface area contributed by atoms with E-state index in [2.05, 4.69) is 19.9 Å². The third kappa shape index (κ3) is 2.79. The van der Waals surface area contributed by atoms with Crippen molar-refractivity contribution in [1.29, 1.82) is 0 Å². The highest BCUT2D eigenvalue weighted by Gasteiger charge is 2.06. The number of thiophene rings is 1. The molecule has 0 saturated carbocycles. The van der Waals surface area contributed by atoms with Crippen LogP contribution in [0.25, 0.3) is 0 Å². The highest BCUT2D eigenvalue weighted by molar-refractivity contribution is 7.13. The molecule has 0 amide bonds. The maximum atomic E-state index is 10.7. The summed E-state index contributed by atoms with van der Waals surface area (Å²) in [4.78, 5) is 12.6. The van der Waals surface area contributed by atoms with Gasteiger partial charge in [-0.3, -0.25) is 4.79 Å². The number of hydrogen-bond donors (Lipinski definition) is 0. The van der Waals surface area contributed by atoms with Crippen molar-refractivity contribution in [2.45, 2.75) is 27.4 Å². The molecule has 0 radical (unpaired) electrons. The zero-order valence-electron chi connectivity index (χ0n) is 10.8. The molecule has 1 heterocycles. The molecule has 0 fully saturated rings. The van der Waals surface area contributed by atoms with E-state index in [0.717, 1.165) is 27.4 Å². The van der Waals surface area contributed by atoms with Crippen LogP contribution in [0, 0.1) is 20.8 Å². The zero-order valence-corrected chi connectivity index (χ0v) is 11.6. The van der Waals surface area contributed by atoms with Crippen molar-refractivity contribution >= 4 is 17.6 Å². The predicted molar refractivity (Wildman–Crippen MR) is 74.7 cm³/mol. The van der Waals surface area contributed by atoms with Gasteiger partial charge in [0.15, 0.2) is 6.29 Å². The number of rotatable bonds is 4. The minimum Gasteiger partial charge on any atom is -0.489 e. The van der Waals surface area contributed by atoms with E-state index >= 15 is 0 Å². The van der Waals surface area contributed by atoms with E-state index in [-0.39, 0.29) is 0 Å². The third-order valence-corrected chi connectivity index (χ3v) is 4.05. The monoisotopic (exact) mass is 260 g/mol. The van der Waals surface area contributed by atoms with Crippen LogP contribution in [-0.2, 0) is 6.61 Å². The van der Waals surface area contributed by atoms with Crippen LogP contribution in [0.15, 0.2) is 24.3 Å². The Balaban J connectivity index is 2.08. The lowest BCUT2D eigenvalue weighted by Crippen LogP contribution is -1.96. The molecule has 0 bridgehead atoms. The van der Waals surface area contributed by atoms with Crippen molar-refractivity contribution in [2.75, 3.05) is 0 Å². The molecule has 0 atom stereocenters. The number of ether oxygens (including phenoxy) is 1. The summed E-state index contributed by atoms with van der Waals surface area (Å²) in [5.74, 6) is 0.872. The Kier molecular flexibility index (Phi) is 3.82. The van der Waals surface area contributed by atoms with Gasteiger partial charge in [-0.15, -0.1) is 11.3 Å². The van der Waals surface area contributed by atoms with Crippen molar-refractivity contribution in [3.05, 3.63) is 50.7 Å². The maximum Gasteiger partial charge on any atom is 0.160 e. The first-order valence-electron chi connectivity index (χ1n) is 5.84. The standard InChI is InChI=1S/C15H16O2S/c1-10-4-5-14(6-11(10)2)17-9-13-7-15(8-16)18-12(13)3/h4-8H,9H2,1-3H3. The number of carbonyl (C=O) groups excluding carboxylic acids is 1. The van der Waals surface area contributed by atoms with E-state index in [1.807, 2.05) is 25.1 Å². The second-order valence-corrected chi connectivity index (χ2v) is 5.67. The van der Waals surface area contributed by atoms with E-state index in [9.17, 15) is 4.79 Å². The van der Waals surface area contributed by atoms with Gasteiger partial charge in [0.25, 0.3) is 0 Å². The zero-order chi connectivity index (χ0) is 13.1. The summed E-state index contributed by atoms with van der Waals surface area (Å²) in [5, 5.41) is 0. The van der Waals surface area contributed by atoms with Crippen LogP contribution < -0.4 is 4.74 Å². The lowest BCUT2D eigenvalue weighted by atomic mass is 10.1. The summed E-state index contributed by atoms with van der Waals surface area (Å²) >= 11 is 1.51. The van der Waals surface area contributed by atoms with Crippen LogP contribution in [0.3, 0.4) is 0 Å². The highest BCUT2D eigenvalue weighted by atomic mass is 32.1. The Labute approximate surface area is 111 Å². The van der Waals surface area contributed by atoms with Gasteiger partial charge in [0, 0.05) is 10.4 Å². The number of aryl methyl sites for hydroxylation is 3. The summed E-state index contributed by atoms with van der Waals surface area (Å²) in [6, 6.07) is 7.97. The first-order chi connectivity index (χ1) is 8.60. The van der Waals surface area contributed by atoms with Gasteiger partial charge in [-0.05, 0) is 50.1 Å². The Morgan fingerprint density at radius 2 is 1.94 bits per heavy atom. The molecule has 1 aromatic heterocycles. The van der Waals surface area contributed by atoms with E-state index < -0.39 is 0 Å². The lowest BCUT2D eigenvalue weighted by Gasteiger charge is -2.08. The molecule has 1 aromatic carbocycles. The molecule has 94 valence electrons. The number of carbonyl (C=O) groups is 1. The van der Waals surface area contributed by atoms with Gasteiger partial charge in [-0.25, -0.2) is 0 Å². The number of aldehydes is 1. The summed E-state index contributed by atoms with van der Waals surface area (Å²) in [7, 11) is 0. The van der Waals surface area contributed by atoms with Crippen LogP contribution in [-0.4, -0.2) is 6.29 Å². The maximum absolute atomic E-state index is 10.7. The van der Waals surface area contributed by atoms with Gasteiger partial charge in [0.1, 0.15) is 12.4 Å². The molecule has 2 nitrogen and oxygen atoms in total. The summed E-state index contributed by atoms with van der Waals surface area (Å²) in [6.07, 6.45) is 0.886. The molecule has 0 N–H and O–H groups in total. The fourth-order valence-electron chi connectivity index (χ4n) is 1.71. The van der Waals surface area contributed by atoms with Crippen molar-refractivity contribution in [1.82, 2.24) is 0 Å². The van der Waals surface area contributed by atoms with Crippen molar-refractivity contribution in [3.63, 3.8) is 0 Å². The van der Waals surface area contributed by atoms with E-state index in [1.54, 1.807) is 0 Å². The first-order valence-corrected chi connectivity index (χ1v) is 6.66. The van der Waals surface area contributed by atoms with Crippen LogP contribution in [0.1, 0.15) is 31.2 Å².